The average Bonchev–Trinajstić information content (AvgIpc) is 2.85. The Morgan fingerprint density at radius 1 is 1.03 bits per heavy atom. The van der Waals surface area contributed by atoms with Crippen molar-refractivity contribution in [1.82, 2.24) is 14.9 Å². The lowest BCUT2D eigenvalue weighted by atomic mass is 10.1. The SMILES string of the molecule is CN1CCN(c2ccc3cc2/C=C\c2ccc(N(C)S(C)(=O)=O)c(c2)Nc2nc(ncc2Cl)N3)CC1. The molecule has 0 radical (unpaired) electrons. The fourth-order valence-corrected chi connectivity index (χ4v) is 4.92. The highest BCUT2D eigenvalue weighted by Gasteiger charge is 2.20. The summed E-state index contributed by atoms with van der Waals surface area (Å²) in [6.45, 7) is 3.92. The smallest absolute Gasteiger partial charge is 0.232 e. The van der Waals surface area contributed by atoms with Crippen LogP contribution in [0.4, 0.5) is 34.5 Å². The normalized spacial score (nSPS) is 16.6. The molecular formula is C25H28ClN7O2S. The quantitative estimate of drug-likeness (QED) is 0.410. The second-order valence-electron chi connectivity index (χ2n) is 9.04. The van der Waals surface area contributed by atoms with Gasteiger partial charge in [0.2, 0.25) is 16.0 Å². The predicted octanol–water partition coefficient (Wildman–Crippen LogP) is 4.25. The Labute approximate surface area is 216 Å². The molecule has 6 bridgehead atoms. The molecule has 0 spiro atoms. The van der Waals surface area contributed by atoms with Gasteiger partial charge in [-0.15, -0.1) is 0 Å². The maximum absolute atomic E-state index is 12.3. The number of anilines is 6. The molecule has 11 heteroatoms. The zero-order chi connectivity index (χ0) is 25.4. The highest BCUT2D eigenvalue weighted by molar-refractivity contribution is 7.92. The fraction of sp³-hybridized carbons (Fsp3) is 0.280. The van der Waals surface area contributed by atoms with Gasteiger partial charge in [0.15, 0.2) is 5.82 Å². The van der Waals surface area contributed by atoms with Crippen LogP contribution in [-0.4, -0.2) is 69.8 Å². The number of sulfonamides is 1. The number of fused-ring (bicyclic) bond motifs is 6. The predicted molar refractivity (Wildman–Crippen MR) is 148 cm³/mol. The van der Waals surface area contributed by atoms with Gasteiger partial charge in [-0.3, -0.25) is 4.31 Å². The summed E-state index contributed by atoms with van der Waals surface area (Å²) in [7, 11) is 0.173. The van der Waals surface area contributed by atoms with Crippen molar-refractivity contribution in [3.05, 3.63) is 58.7 Å². The summed E-state index contributed by atoms with van der Waals surface area (Å²) in [5, 5.41) is 6.79. The fourth-order valence-electron chi connectivity index (χ4n) is 4.27. The summed E-state index contributed by atoms with van der Waals surface area (Å²) in [5.41, 5.74) is 5.00. The number of hydrogen-bond acceptors (Lipinski definition) is 8. The van der Waals surface area contributed by atoms with Gasteiger partial charge in [-0.25, -0.2) is 13.4 Å². The van der Waals surface area contributed by atoms with E-state index in [1.165, 1.54) is 23.8 Å². The molecule has 0 amide bonds. The lowest BCUT2D eigenvalue weighted by molar-refractivity contribution is 0.313. The van der Waals surface area contributed by atoms with E-state index in [0.717, 1.165) is 48.7 Å². The molecule has 1 aromatic heterocycles. The molecule has 5 rings (SSSR count). The van der Waals surface area contributed by atoms with Crippen LogP contribution in [0.2, 0.25) is 5.02 Å². The minimum absolute atomic E-state index is 0.315. The number of nitrogens with zero attached hydrogens (tertiary/aromatic N) is 5. The van der Waals surface area contributed by atoms with Crippen molar-refractivity contribution in [1.29, 1.82) is 0 Å². The second kappa shape index (κ2) is 9.61. The molecule has 2 aliphatic heterocycles. The molecule has 1 saturated heterocycles. The van der Waals surface area contributed by atoms with E-state index >= 15 is 0 Å². The third-order valence-corrected chi connectivity index (χ3v) is 7.91. The summed E-state index contributed by atoms with van der Waals surface area (Å²) in [5.74, 6) is 0.740. The zero-order valence-electron chi connectivity index (χ0n) is 20.4. The minimum Gasteiger partial charge on any atom is -0.368 e. The first-order valence-electron chi connectivity index (χ1n) is 11.6. The molecule has 2 N–H and O–H groups in total. The topological polar surface area (TPSA) is 93.7 Å². The highest BCUT2D eigenvalue weighted by Crippen LogP contribution is 2.35. The number of halogens is 1. The zero-order valence-corrected chi connectivity index (χ0v) is 21.9. The molecule has 0 unspecified atom stereocenters. The van der Waals surface area contributed by atoms with Crippen molar-refractivity contribution in [3.63, 3.8) is 0 Å². The van der Waals surface area contributed by atoms with Crippen molar-refractivity contribution < 1.29 is 8.42 Å². The van der Waals surface area contributed by atoms with E-state index in [0.29, 0.717) is 28.2 Å². The lowest BCUT2D eigenvalue weighted by Gasteiger charge is -2.35. The molecule has 188 valence electrons. The van der Waals surface area contributed by atoms with Gasteiger partial charge in [0.05, 0.1) is 23.8 Å². The number of nitrogens with one attached hydrogen (secondary N) is 2. The number of piperazine rings is 1. The Morgan fingerprint density at radius 3 is 2.56 bits per heavy atom. The van der Waals surface area contributed by atoms with Gasteiger partial charge in [0, 0.05) is 44.6 Å². The highest BCUT2D eigenvalue weighted by atomic mass is 35.5. The van der Waals surface area contributed by atoms with Crippen LogP contribution in [0.25, 0.3) is 12.2 Å². The standard InChI is InChI=1S/C25H28ClN7O2S/c1-31-10-12-33(13-11-31)22-9-7-19-15-18(22)6-4-17-5-8-23(32(2)36(3,34)35)21(14-17)29-24-20(26)16-27-25(28-19)30-24/h4-9,14-16H,10-13H2,1-3H3,(H2,27,28,29,30)/b6-4-. The van der Waals surface area contributed by atoms with Crippen molar-refractivity contribution in [2.24, 2.45) is 0 Å². The van der Waals surface area contributed by atoms with E-state index in [1.54, 1.807) is 6.07 Å². The van der Waals surface area contributed by atoms with E-state index < -0.39 is 10.0 Å². The van der Waals surface area contributed by atoms with E-state index in [2.05, 4.69) is 55.7 Å². The molecule has 36 heavy (non-hydrogen) atoms. The van der Waals surface area contributed by atoms with Crippen molar-refractivity contribution in [2.75, 3.05) is 66.4 Å². The van der Waals surface area contributed by atoms with E-state index in [-0.39, 0.29) is 0 Å². The Kier molecular flexibility index (Phi) is 6.50. The molecule has 3 aromatic rings. The number of rotatable bonds is 3. The first-order valence-corrected chi connectivity index (χ1v) is 13.8. The van der Waals surface area contributed by atoms with Crippen molar-refractivity contribution >= 4 is 68.3 Å². The maximum atomic E-state index is 12.3. The number of likely N-dealkylation sites (N-methyl/N-ethyl adjacent to an activating group) is 1. The summed E-state index contributed by atoms with van der Waals surface area (Å²) in [4.78, 5) is 13.6. The van der Waals surface area contributed by atoms with Gasteiger partial charge in [-0.2, -0.15) is 4.98 Å². The second-order valence-corrected chi connectivity index (χ2v) is 11.5. The van der Waals surface area contributed by atoms with Gasteiger partial charge < -0.3 is 20.4 Å². The molecule has 1 fully saturated rings. The van der Waals surface area contributed by atoms with Crippen LogP contribution in [0.3, 0.4) is 0 Å². The van der Waals surface area contributed by atoms with Crippen molar-refractivity contribution in [2.45, 2.75) is 0 Å². The third kappa shape index (κ3) is 5.11. The molecule has 3 heterocycles. The molecule has 9 nitrogen and oxygen atoms in total. The van der Waals surface area contributed by atoms with Gasteiger partial charge in [-0.1, -0.05) is 29.8 Å². The summed E-state index contributed by atoms with van der Waals surface area (Å²) in [6.07, 6.45) is 6.79. The Hall–Kier alpha value is -3.34. The van der Waals surface area contributed by atoms with E-state index in [9.17, 15) is 8.42 Å². The average molecular weight is 526 g/mol. The third-order valence-electron chi connectivity index (χ3n) is 6.44. The first kappa shape index (κ1) is 24.4. The van der Waals surface area contributed by atoms with Crippen LogP contribution in [0.5, 0.6) is 0 Å². The van der Waals surface area contributed by atoms with Crippen molar-refractivity contribution in [3.8, 4) is 0 Å². The molecule has 2 aromatic carbocycles. The van der Waals surface area contributed by atoms with E-state index in [4.69, 9.17) is 11.6 Å². The Bertz CT molecular complexity index is 1440. The van der Waals surface area contributed by atoms with Crippen LogP contribution in [0.15, 0.2) is 42.6 Å². The maximum Gasteiger partial charge on any atom is 0.232 e. The first-order chi connectivity index (χ1) is 17.2. The van der Waals surface area contributed by atoms with Gasteiger partial charge in [0.1, 0.15) is 5.02 Å². The molecule has 0 saturated carbocycles. The van der Waals surface area contributed by atoms with Gasteiger partial charge >= 0.3 is 0 Å². The van der Waals surface area contributed by atoms with E-state index in [1.807, 2.05) is 24.3 Å². The molecule has 2 aliphatic rings. The summed E-state index contributed by atoms with van der Waals surface area (Å²) < 4.78 is 25.8. The van der Waals surface area contributed by atoms with Crippen LogP contribution < -0.4 is 19.8 Å². The summed E-state index contributed by atoms with van der Waals surface area (Å²) in [6, 6.07) is 11.8. The Morgan fingerprint density at radius 2 is 1.81 bits per heavy atom. The molecule has 0 aliphatic carbocycles. The van der Waals surface area contributed by atoms with Crippen LogP contribution in [0, 0.1) is 0 Å². The molecule has 0 atom stereocenters. The van der Waals surface area contributed by atoms with Crippen LogP contribution >= 0.6 is 11.6 Å². The Balaban J connectivity index is 1.64. The summed E-state index contributed by atoms with van der Waals surface area (Å²) >= 11 is 6.40. The number of benzene rings is 2. The number of hydrogen-bond donors (Lipinski definition) is 2. The van der Waals surface area contributed by atoms with Crippen LogP contribution in [0.1, 0.15) is 11.1 Å². The van der Waals surface area contributed by atoms with Gasteiger partial charge in [-0.05, 0) is 48.5 Å². The van der Waals surface area contributed by atoms with Gasteiger partial charge in [0.25, 0.3) is 0 Å². The lowest BCUT2D eigenvalue weighted by Crippen LogP contribution is -2.44. The van der Waals surface area contributed by atoms with Crippen LogP contribution in [-0.2, 0) is 10.0 Å². The number of aromatic nitrogens is 2. The minimum atomic E-state index is -3.48. The molecular weight excluding hydrogens is 498 g/mol. The largest absolute Gasteiger partial charge is 0.368 e. The monoisotopic (exact) mass is 525 g/mol.